The van der Waals surface area contributed by atoms with Crippen LogP contribution in [0, 0.1) is 6.92 Å². The SMILES string of the molecule is Cc1nn(C)c(N2CC(C)OCC2C)c1CCl. The van der Waals surface area contributed by atoms with Gasteiger partial charge in [0.2, 0.25) is 0 Å². The Balaban J connectivity index is 2.37. The molecular formula is C12H20ClN3O. The topological polar surface area (TPSA) is 30.3 Å². The molecule has 5 heteroatoms. The minimum atomic E-state index is 0.254. The number of alkyl halides is 1. The van der Waals surface area contributed by atoms with Crippen molar-refractivity contribution in [3.05, 3.63) is 11.3 Å². The van der Waals surface area contributed by atoms with Crippen molar-refractivity contribution in [1.82, 2.24) is 9.78 Å². The predicted molar refractivity (Wildman–Crippen MR) is 69.7 cm³/mol. The van der Waals surface area contributed by atoms with Crippen LogP contribution in [0.15, 0.2) is 0 Å². The highest BCUT2D eigenvalue weighted by atomic mass is 35.5. The van der Waals surface area contributed by atoms with Crippen LogP contribution in [0.4, 0.5) is 5.82 Å². The Morgan fingerprint density at radius 1 is 1.47 bits per heavy atom. The van der Waals surface area contributed by atoms with Crippen LogP contribution in [0.5, 0.6) is 0 Å². The number of aromatic nitrogens is 2. The molecule has 1 fully saturated rings. The highest BCUT2D eigenvalue weighted by Crippen LogP contribution is 2.28. The van der Waals surface area contributed by atoms with E-state index in [-0.39, 0.29) is 6.10 Å². The average molecular weight is 258 g/mol. The molecule has 0 N–H and O–H groups in total. The second kappa shape index (κ2) is 4.86. The van der Waals surface area contributed by atoms with Gasteiger partial charge in [0.05, 0.1) is 30.3 Å². The van der Waals surface area contributed by atoms with Crippen molar-refractivity contribution in [2.45, 2.75) is 38.8 Å². The molecule has 17 heavy (non-hydrogen) atoms. The summed E-state index contributed by atoms with van der Waals surface area (Å²) < 4.78 is 7.59. The smallest absolute Gasteiger partial charge is 0.131 e. The van der Waals surface area contributed by atoms with Gasteiger partial charge in [0, 0.05) is 19.2 Å². The molecule has 1 saturated heterocycles. The van der Waals surface area contributed by atoms with Crippen molar-refractivity contribution in [1.29, 1.82) is 0 Å². The summed E-state index contributed by atoms with van der Waals surface area (Å²) in [5, 5.41) is 4.47. The van der Waals surface area contributed by atoms with Gasteiger partial charge in [-0.2, -0.15) is 5.10 Å². The van der Waals surface area contributed by atoms with Crippen LogP contribution < -0.4 is 4.90 Å². The summed E-state index contributed by atoms with van der Waals surface area (Å²) in [6, 6.07) is 0.364. The zero-order valence-electron chi connectivity index (χ0n) is 10.9. The Morgan fingerprint density at radius 3 is 2.82 bits per heavy atom. The van der Waals surface area contributed by atoms with Crippen LogP contribution in [-0.2, 0) is 17.7 Å². The van der Waals surface area contributed by atoms with E-state index in [9.17, 15) is 0 Å². The fourth-order valence-electron chi connectivity index (χ4n) is 2.40. The molecule has 0 spiro atoms. The molecule has 1 aliphatic rings. The third-order valence-corrected chi connectivity index (χ3v) is 3.59. The van der Waals surface area contributed by atoms with Gasteiger partial charge in [-0.25, -0.2) is 0 Å². The Morgan fingerprint density at radius 2 is 2.18 bits per heavy atom. The van der Waals surface area contributed by atoms with Gasteiger partial charge in [0.15, 0.2) is 0 Å². The summed E-state index contributed by atoms with van der Waals surface area (Å²) in [6.45, 7) is 7.93. The first-order chi connectivity index (χ1) is 8.04. The molecule has 2 heterocycles. The third kappa shape index (κ3) is 2.29. The zero-order valence-corrected chi connectivity index (χ0v) is 11.7. The van der Waals surface area contributed by atoms with E-state index in [4.69, 9.17) is 16.3 Å². The number of hydrogen-bond acceptors (Lipinski definition) is 3. The molecule has 96 valence electrons. The lowest BCUT2D eigenvalue weighted by atomic mass is 10.1. The number of nitrogens with zero attached hydrogens (tertiary/aromatic N) is 3. The Labute approximate surface area is 107 Å². The van der Waals surface area contributed by atoms with Gasteiger partial charge < -0.3 is 9.64 Å². The maximum atomic E-state index is 6.04. The monoisotopic (exact) mass is 257 g/mol. The summed E-state index contributed by atoms with van der Waals surface area (Å²) in [5.41, 5.74) is 2.15. The standard InChI is InChI=1S/C12H20ClN3O/c1-8-7-17-9(2)6-16(8)12-11(5-13)10(3)14-15(12)4/h8-9H,5-7H2,1-4H3. The molecule has 2 rings (SSSR count). The van der Waals surface area contributed by atoms with E-state index in [2.05, 4.69) is 23.8 Å². The van der Waals surface area contributed by atoms with Gasteiger partial charge in [0.1, 0.15) is 5.82 Å². The number of anilines is 1. The second-order valence-corrected chi connectivity index (χ2v) is 5.06. The van der Waals surface area contributed by atoms with Gasteiger partial charge in [0.25, 0.3) is 0 Å². The van der Waals surface area contributed by atoms with Crippen molar-refractivity contribution in [2.75, 3.05) is 18.1 Å². The van der Waals surface area contributed by atoms with Gasteiger partial charge in [-0.1, -0.05) is 0 Å². The molecule has 1 aromatic rings. The van der Waals surface area contributed by atoms with E-state index in [0.29, 0.717) is 11.9 Å². The fourth-order valence-corrected chi connectivity index (χ4v) is 2.72. The maximum Gasteiger partial charge on any atom is 0.131 e. The second-order valence-electron chi connectivity index (χ2n) is 4.79. The molecule has 0 aromatic carbocycles. The average Bonchev–Trinajstić information content (AvgIpc) is 2.56. The molecule has 2 atom stereocenters. The quantitative estimate of drug-likeness (QED) is 0.760. The Bertz CT molecular complexity index is 405. The summed E-state index contributed by atoms with van der Waals surface area (Å²) >= 11 is 6.04. The molecule has 0 bridgehead atoms. The van der Waals surface area contributed by atoms with E-state index in [1.165, 1.54) is 0 Å². The van der Waals surface area contributed by atoms with Crippen LogP contribution in [0.25, 0.3) is 0 Å². The Hall–Kier alpha value is -0.740. The molecule has 1 aliphatic heterocycles. The van der Waals surface area contributed by atoms with E-state index in [1.807, 2.05) is 18.7 Å². The number of ether oxygens (including phenoxy) is 1. The van der Waals surface area contributed by atoms with E-state index < -0.39 is 0 Å². The highest BCUT2D eigenvalue weighted by Gasteiger charge is 2.28. The zero-order chi connectivity index (χ0) is 12.6. The van der Waals surface area contributed by atoms with Gasteiger partial charge in [-0.05, 0) is 20.8 Å². The van der Waals surface area contributed by atoms with Crippen molar-refractivity contribution in [3.63, 3.8) is 0 Å². The van der Waals surface area contributed by atoms with Gasteiger partial charge in [-0.3, -0.25) is 4.68 Å². The van der Waals surface area contributed by atoms with Crippen LogP contribution in [0.1, 0.15) is 25.1 Å². The van der Waals surface area contributed by atoms with E-state index >= 15 is 0 Å². The van der Waals surface area contributed by atoms with Crippen LogP contribution >= 0.6 is 11.6 Å². The summed E-state index contributed by atoms with van der Waals surface area (Å²) in [5.74, 6) is 1.65. The maximum absolute atomic E-state index is 6.04. The van der Waals surface area contributed by atoms with Crippen molar-refractivity contribution < 1.29 is 4.74 Å². The van der Waals surface area contributed by atoms with Crippen LogP contribution in [0.3, 0.4) is 0 Å². The molecule has 0 aliphatic carbocycles. The first-order valence-electron chi connectivity index (χ1n) is 6.01. The van der Waals surface area contributed by atoms with Crippen LogP contribution in [0.2, 0.25) is 0 Å². The lowest BCUT2D eigenvalue weighted by Gasteiger charge is -2.38. The third-order valence-electron chi connectivity index (χ3n) is 3.33. The highest BCUT2D eigenvalue weighted by molar-refractivity contribution is 6.17. The lowest BCUT2D eigenvalue weighted by molar-refractivity contribution is 0.0337. The minimum absolute atomic E-state index is 0.254. The number of aryl methyl sites for hydroxylation is 2. The molecule has 0 radical (unpaired) electrons. The first-order valence-corrected chi connectivity index (χ1v) is 6.54. The largest absolute Gasteiger partial charge is 0.375 e. The predicted octanol–water partition coefficient (Wildman–Crippen LogP) is 2.08. The first kappa shape index (κ1) is 12.7. The minimum Gasteiger partial charge on any atom is -0.375 e. The van der Waals surface area contributed by atoms with E-state index in [1.54, 1.807) is 0 Å². The van der Waals surface area contributed by atoms with Crippen LogP contribution in [-0.4, -0.2) is 35.1 Å². The number of rotatable bonds is 2. The van der Waals surface area contributed by atoms with Crippen molar-refractivity contribution in [2.24, 2.45) is 7.05 Å². The molecule has 0 saturated carbocycles. The molecule has 0 amide bonds. The summed E-state index contributed by atoms with van der Waals surface area (Å²) in [6.07, 6.45) is 0.254. The Kier molecular flexibility index (Phi) is 3.64. The van der Waals surface area contributed by atoms with Gasteiger partial charge in [-0.15, -0.1) is 11.6 Å². The van der Waals surface area contributed by atoms with E-state index in [0.717, 1.165) is 30.2 Å². The molecule has 1 aromatic heterocycles. The number of halogens is 1. The molecular weight excluding hydrogens is 238 g/mol. The fraction of sp³-hybridized carbons (Fsp3) is 0.750. The van der Waals surface area contributed by atoms with Crippen molar-refractivity contribution in [3.8, 4) is 0 Å². The normalized spacial score (nSPS) is 25.4. The number of hydrogen-bond donors (Lipinski definition) is 0. The van der Waals surface area contributed by atoms with Crippen molar-refractivity contribution >= 4 is 17.4 Å². The molecule has 4 nitrogen and oxygen atoms in total. The summed E-state index contributed by atoms with van der Waals surface area (Å²) in [7, 11) is 1.98. The number of morpholine rings is 1. The molecule has 2 unspecified atom stereocenters. The lowest BCUT2D eigenvalue weighted by Crippen LogP contribution is -2.48. The summed E-state index contributed by atoms with van der Waals surface area (Å²) in [4.78, 5) is 2.35. The van der Waals surface area contributed by atoms with Gasteiger partial charge >= 0.3 is 0 Å².